The Labute approximate surface area is 172 Å². The van der Waals surface area contributed by atoms with Crippen molar-refractivity contribution in [1.29, 1.82) is 0 Å². The highest BCUT2D eigenvalue weighted by molar-refractivity contribution is 6.06. The third-order valence-corrected chi connectivity index (χ3v) is 4.07. The molecule has 0 unspecified atom stereocenters. The molecule has 0 saturated heterocycles. The van der Waals surface area contributed by atoms with Gasteiger partial charge in [-0.05, 0) is 42.0 Å². The van der Waals surface area contributed by atoms with Crippen LogP contribution in [0.5, 0.6) is 11.5 Å². The van der Waals surface area contributed by atoms with Crippen LogP contribution in [-0.2, 0) is 0 Å². The number of rotatable bonds is 7. The van der Waals surface area contributed by atoms with Gasteiger partial charge in [-0.15, -0.1) is 0 Å². The summed E-state index contributed by atoms with van der Waals surface area (Å²) in [6.45, 7) is 0. The van der Waals surface area contributed by atoms with E-state index < -0.39 is 4.92 Å². The molecule has 0 fully saturated rings. The standard InChI is InChI=1S/C22H17N3O5/c1-23-22(27)20-14-19(11-12-24-20)30-18-8-6-16(7-9-18)21(26)10-5-15-3-2-4-17(13-15)25(28)29/h2-14H,1H3,(H,23,27)/b10-5+. The minimum atomic E-state index is -0.488. The van der Waals surface area contributed by atoms with E-state index in [1.165, 1.54) is 43.6 Å². The van der Waals surface area contributed by atoms with Gasteiger partial charge in [-0.2, -0.15) is 0 Å². The Balaban J connectivity index is 1.68. The molecule has 0 radical (unpaired) electrons. The van der Waals surface area contributed by atoms with Crippen LogP contribution in [0.2, 0.25) is 0 Å². The third kappa shape index (κ3) is 5.14. The zero-order valence-corrected chi connectivity index (χ0v) is 15.9. The van der Waals surface area contributed by atoms with Crippen molar-refractivity contribution < 1.29 is 19.2 Å². The van der Waals surface area contributed by atoms with Crippen molar-refractivity contribution in [2.45, 2.75) is 0 Å². The molecule has 8 nitrogen and oxygen atoms in total. The number of aromatic nitrogens is 1. The number of nitro groups is 1. The first-order chi connectivity index (χ1) is 14.5. The van der Waals surface area contributed by atoms with E-state index in [1.807, 2.05) is 0 Å². The molecule has 0 spiro atoms. The van der Waals surface area contributed by atoms with Crippen LogP contribution in [0.1, 0.15) is 26.4 Å². The number of nitro benzene ring substituents is 1. The van der Waals surface area contributed by atoms with Crippen molar-refractivity contribution in [1.82, 2.24) is 10.3 Å². The molecule has 0 atom stereocenters. The Hall–Kier alpha value is -4.33. The number of nitrogens with zero attached hydrogens (tertiary/aromatic N) is 2. The Morgan fingerprint density at radius 2 is 1.83 bits per heavy atom. The van der Waals surface area contributed by atoms with Crippen molar-refractivity contribution in [3.8, 4) is 11.5 Å². The normalized spacial score (nSPS) is 10.6. The molecule has 8 heteroatoms. The second kappa shape index (κ2) is 9.24. The Morgan fingerprint density at radius 1 is 1.07 bits per heavy atom. The summed E-state index contributed by atoms with van der Waals surface area (Å²) in [6.07, 6.45) is 4.35. The quantitative estimate of drug-likeness (QED) is 0.276. The van der Waals surface area contributed by atoms with Gasteiger partial charge in [-0.25, -0.2) is 0 Å². The molecule has 30 heavy (non-hydrogen) atoms. The minimum absolute atomic E-state index is 0.0400. The van der Waals surface area contributed by atoms with Gasteiger partial charge in [0.1, 0.15) is 17.2 Å². The average Bonchev–Trinajstić information content (AvgIpc) is 2.77. The molecule has 1 heterocycles. The van der Waals surface area contributed by atoms with Gasteiger partial charge in [0.15, 0.2) is 5.78 Å². The smallest absolute Gasteiger partial charge is 0.270 e. The van der Waals surface area contributed by atoms with Crippen molar-refractivity contribution >= 4 is 23.5 Å². The fourth-order valence-electron chi connectivity index (χ4n) is 2.56. The number of pyridine rings is 1. The summed E-state index contributed by atoms with van der Waals surface area (Å²) in [5.41, 5.74) is 1.18. The number of carbonyl (C=O) groups excluding carboxylic acids is 2. The molecule has 0 aliphatic rings. The van der Waals surface area contributed by atoms with Crippen LogP contribution in [0.3, 0.4) is 0 Å². The van der Waals surface area contributed by atoms with E-state index in [1.54, 1.807) is 42.5 Å². The molecule has 0 saturated carbocycles. The molecule has 1 N–H and O–H groups in total. The molecule has 3 aromatic rings. The fourth-order valence-corrected chi connectivity index (χ4v) is 2.56. The molecule has 2 aromatic carbocycles. The lowest BCUT2D eigenvalue weighted by Crippen LogP contribution is -2.18. The molecule has 1 aromatic heterocycles. The summed E-state index contributed by atoms with van der Waals surface area (Å²) >= 11 is 0. The lowest BCUT2D eigenvalue weighted by molar-refractivity contribution is -0.384. The Bertz CT molecular complexity index is 1120. The summed E-state index contributed by atoms with van der Waals surface area (Å²) in [6, 6.07) is 15.6. The molecule has 0 aliphatic heterocycles. The predicted molar refractivity (Wildman–Crippen MR) is 111 cm³/mol. The molecule has 3 rings (SSSR count). The lowest BCUT2D eigenvalue weighted by Gasteiger charge is -2.07. The number of carbonyl (C=O) groups is 2. The highest BCUT2D eigenvalue weighted by atomic mass is 16.6. The molecular formula is C22H17N3O5. The maximum absolute atomic E-state index is 12.3. The number of ketones is 1. The first-order valence-corrected chi connectivity index (χ1v) is 8.89. The van der Waals surface area contributed by atoms with Crippen LogP contribution < -0.4 is 10.1 Å². The number of allylic oxidation sites excluding steroid dienone is 1. The van der Waals surface area contributed by atoms with E-state index >= 15 is 0 Å². The number of hydrogen-bond donors (Lipinski definition) is 1. The SMILES string of the molecule is CNC(=O)c1cc(Oc2ccc(C(=O)/C=C/c3cccc([N+](=O)[O-])c3)cc2)ccn1. The van der Waals surface area contributed by atoms with Gasteiger partial charge >= 0.3 is 0 Å². The maximum Gasteiger partial charge on any atom is 0.270 e. The summed E-state index contributed by atoms with van der Waals surface area (Å²) in [5, 5.41) is 13.3. The Kier molecular flexibility index (Phi) is 6.29. The molecular weight excluding hydrogens is 386 g/mol. The van der Waals surface area contributed by atoms with Gasteiger partial charge in [0, 0.05) is 37.0 Å². The first-order valence-electron chi connectivity index (χ1n) is 8.89. The van der Waals surface area contributed by atoms with Gasteiger partial charge in [-0.1, -0.05) is 18.2 Å². The third-order valence-electron chi connectivity index (χ3n) is 4.07. The van der Waals surface area contributed by atoms with E-state index in [0.29, 0.717) is 22.6 Å². The zero-order chi connectivity index (χ0) is 21.5. The number of benzene rings is 2. The zero-order valence-electron chi connectivity index (χ0n) is 15.9. The number of hydrogen-bond acceptors (Lipinski definition) is 6. The second-order valence-corrected chi connectivity index (χ2v) is 6.13. The first kappa shape index (κ1) is 20.4. The summed E-state index contributed by atoms with van der Waals surface area (Å²) < 4.78 is 5.70. The lowest BCUT2D eigenvalue weighted by atomic mass is 10.1. The number of non-ortho nitro benzene ring substituents is 1. The van der Waals surface area contributed by atoms with Gasteiger partial charge in [0.2, 0.25) is 0 Å². The largest absolute Gasteiger partial charge is 0.457 e. The summed E-state index contributed by atoms with van der Waals surface area (Å²) in [5.74, 6) is 0.354. The van der Waals surface area contributed by atoms with Gasteiger partial charge in [0.25, 0.3) is 11.6 Å². The maximum atomic E-state index is 12.3. The van der Waals surface area contributed by atoms with Crippen LogP contribution in [-0.4, -0.2) is 28.6 Å². The van der Waals surface area contributed by atoms with Crippen molar-refractivity contribution in [3.63, 3.8) is 0 Å². The highest BCUT2D eigenvalue weighted by Crippen LogP contribution is 2.22. The fraction of sp³-hybridized carbons (Fsp3) is 0.0455. The average molecular weight is 403 g/mol. The number of ether oxygens (including phenoxy) is 1. The van der Waals surface area contributed by atoms with Crippen molar-refractivity contribution in [2.75, 3.05) is 7.05 Å². The van der Waals surface area contributed by atoms with E-state index in [4.69, 9.17) is 4.74 Å². The number of nitrogens with one attached hydrogen (secondary N) is 1. The van der Waals surface area contributed by atoms with Crippen LogP contribution in [0.15, 0.2) is 72.9 Å². The summed E-state index contributed by atoms with van der Waals surface area (Å²) in [7, 11) is 1.51. The topological polar surface area (TPSA) is 111 Å². The Morgan fingerprint density at radius 3 is 2.53 bits per heavy atom. The molecule has 0 aliphatic carbocycles. The van der Waals surface area contributed by atoms with Crippen LogP contribution in [0.25, 0.3) is 6.08 Å². The molecule has 1 amide bonds. The van der Waals surface area contributed by atoms with E-state index in [-0.39, 0.29) is 23.1 Å². The van der Waals surface area contributed by atoms with Crippen LogP contribution in [0, 0.1) is 10.1 Å². The van der Waals surface area contributed by atoms with Crippen LogP contribution in [0.4, 0.5) is 5.69 Å². The predicted octanol–water partition coefficient (Wildman–Crippen LogP) is 4.04. The van der Waals surface area contributed by atoms with Crippen molar-refractivity contribution in [3.05, 3.63) is 99.9 Å². The molecule has 0 bridgehead atoms. The van der Waals surface area contributed by atoms with Crippen LogP contribution >= 0.6 is 0 Å². The minimum Gasteiger partial charge on any atom is -0.457 e. The van der Waals surface area contributed by atoms with Gasteiger partial charge in [-0.3, -0.25) is 24.7 Å². The van der Waals surface area contributed by atoms with Gasteiger partial charge in [0.05, 0.1) is 4.92 Å². The van der Waals surface area contributed by atoms with E-state index in [0.717, 1.165) is 0 Å². The van der Waals surface area contributed by atoms with Gasteiger partial charge < -0.3 is 10.1 Å². The summed E-state index contributed by atoms with van der Waals surface area (Å²) in [4.78, 5) is 38.3. The molecule has 150 valence electrons. The number of amides is 1. The van der Waals surface area contributed by atoms with E-state index in [2.05, 4.69) is 10.3 Å². The highest BCUT2D eigenvalue weighted by Gasteiger charge is 2.08. The second-order valence-electron chi connectivity index (χ2n) is 6.13. The van der Waals surface area contributed by atoms with E-state index in [9.17, 15) is 19.7 Å². The monoisotopic (exact) mass is 403 g/mol. The van der Waals surface area contributed by atoms with Crippen molar-refractivity contribution in [2.24, 2.45) is 0 Å².